The molecule has 5 heterocycles. The molecule has 3 aromatic rings. The summed E-state index contributed by atoms with van der Waals surface area (Å²) in [7, 11) is 0. The summed E-state index contributed by atoms with van der Waals surface area (Å²) in [6.45, 7) is 2.84. The smallest absolute Gasteiger partial charge is 0.310 e. The van der Waals surface area contributed by atoms with Crippen LogP contribution in [0.4, 0.5) is 11.6 Å². The maximum absolute atomic E-state index is 12.7. The van der Waals surface area contributed by atoms with Gasteiger partial charge in [0.1, 0.15) is 11.6 Å². The molecule has 198 valence electrons. The van der Waals surface area contributed by atoms with Gasteiger partial charge in [0.25, 0.3) is 5.91 Å². The normalized spacial score (nSPS) is 19.7. The molecule has 2 aliphatic heterocycles. The van der Waals surface area contributed by atoms with Crippen LogP contribution in [0.3, 0.4) is 0 Å². The molecule has 3 aliphatic rings. The van der Waals surface area contributed by atoms with Crippen LogP contribution < -0.4 is 16.0 Å². The molecular formula is C28H32N6O4. The molecule has 1 amide bonds. The van der Waals surface area contributed by atoms with Gasteiger partial charge < -0.3 is 25.4 Å². The number of carbonyl (C=O) groups is 2. The van der Waals surface area contributed by atoms with Gasteiger partial charge in [-0.25, -0.2) is 9.97 Å². The van der Waals surface area contributed by atoms with Crippen LogP contribution in [0.15, 0.2) is 42.9 Å². The number of rotatable bonds is 7. The van der Waals surface area contributed by atoms with Crippen molar-refractivity contribution >= 4 is 34.3 Å². The zero-order chi connectivity index (χ0) is 26.1. The molecule has 0 radical (unpaired) electrons. The minimum absolute atomic E-state index is 0.252. The Balaban J connectivity index is 1.21. The van der Waals surface area contributed by atoms with Crippen molar-refractivity contribution in [1.82, 2.24) is 15.0 Å². The molecule has 0 unspecified atom stereocenters. The summed E-state index contributed by atoms with van der Waals surface area (Å²) in [4.78, 5) is 40.6. The number of nitrogens with two attached hydrogens (primary N) is 1. The molecule has 3 fully saturated rings. The molecule has 0 bridgehead atoms. The fourth-order valence-corrected chi connectivity index (χ4v) is 5.30. The van der Waals surface area contributed by atoms with Crippen LogP contribution in [0.2, 0.25) is 0 Å². The van der Waals surface area contributed by atoms with E-state index in [1.165, 1.54) is 0 Å². The van der Waals surface area contributed by atoms with Gasteiger partial charge >= 0.3 is 5.97 Å². The third-order valence-electron chi connectivity index (χ3n) is 7.82. The lowest BCUT2D eigenvalue weighted by atomic mass is 9.96. The van der Waals surface area contributed by atoms with Crippen LogP contribution >= 0.6 is 0 Å². The van der Waals surface area contributed by atoms with Gasteiger partial charge in [-0.05, 0) is 49.9 Å². The molecule has 1 aliphatic carbocycles. The highest BCUT2D eigenvalue weighted by Crippen LogP contribution is 2.41. The minimum atomic E-state index is -1.07. The molecule has 10 nitrogen and oxygen atoms in total. The lowest BCUT2D eigenvalue weighted by Gasteiger charge is -2.33. The van der Waals surface area contributed by atoms with Crippen molar-refractivity contribution in [3.05, 3.63) is 42.9 Å². The number of anilines is 2. The average molecular weight is 517 g/mol. The Kier molecular flexibility index (Phi) is 6.57. The number of primary amides is 1. The largest absolute Gasteiger partial charge is 0.449 e. The zero-order valence-corrected chi connectivity index (χ0v) is 21.3. The number of esters is 1. The third kappa shape index (κ3) is 5.00. The first-order chi connectivity index (χ1) is 18.5. The van der Waals surface area contributed by atoms with E-state index in [1.807, 2.05) is 30.6 Å². The van der Waals surface area contributed by atoms with Crippen molar-refractivity contribution in [2.24, 2.45) is 11.7 Å². The van der Waals surface area contributed by atoms with E-state index in [-0.39, 0.29) is 11.9 Å². The molecule has 3 aromatic heterocycles. The molecule has 1 saturated carbocycles. The number of carbonyl (C=O) groups excluding carboxylic acids is 2. The van der Waals surface area contributed by atoms with E-state index in [9.17, 15) is 9.59 Å². The molecule has 10 heteroatoms. The first-order valence-corrected chi connectivity index (χ1v) is 13.3. The second-order valence-corrected chi connectivity index (χ2v) is 10.4. The summed E-state index contributed by atoms with van der Waals surface area (Å²) in [6, 6.07) is 8.40. The van der Waals surface area contributed by atoms with Crippen LogP contribution in [-0.4, -0.2) is 64.8 Å². The second kappa shape index (κ2) is 10.2. The number of nitrogens with one attached hydrogen (secondary N) is 1. The van der Waals surface area contributed by atoms with Gasteiger partial charge in [-0.3, -0.25) is 14.6 Å². The quantitative estimate of drug-likeness (QED) is 0.455. The molecule has 0 spiro atoms. The van der Waals surface area contributed by atoms with E-state index < -0.39 is 11.5 Å². The maximum Gasteiger partial charge on any atom is 0.310 e. The van der Waals surface area contributed by atoms with Crippen molar-refractivity contribution in [3.63, 3.8) is 0 Å². The van der Waals surface area contributed by atoms with E-state index in [0.717, 1.165) is 59.7 Å². The molecule has 6 rings (SSSR count). The SMILES string of the molecule is NC(=O)C1(OC(=O)C2CCN(c3nc(-c4ccnc(NC5CCOCC5)c4)cc4cnccc34)CC2)CC1. The number of amides is 1. The minimum Gasteiger partial charge on any atom is -0.449 e. The average Bonchev–Trinajstić information content (AvgIpc) is 3.74. The number of fused-ring (bicyclic) bond motifs is 1. The molecule has 0 atom stereocenters. The fraction of sp³-hybridized carbons (Fsp3) is 0.464. The van der Waals surface area contributed by atoms with Crippen LogP contribution in [0.25, 0.3) is 22.0 Å². The predicted molar refractivity (Wildman–Crippen MR) is 142 cm³/mol. The van der Waals surface area contributed by atoms with E-state index in [2.05, 4.69) is 26.3 Å². The predicted octanol–water partition coefficient (Wildman–Crippen LogP) is 3.06. The number of pyridine rings is 3. The highest BCUT2D eigenvalue weighted by Gasteiger charge is 2.53. The van der Waals surface area contributed by atoms with E-state index >= 15 is 0 Å². The van der Waals surface area contributed by atoms with Crippen molar-refractivity contribution in [1.29, 1.82) is 0 Å². The van der Waals surface area contributed by atoms with Gasteiger partial charge in [0.05, 0.1) is 11.6 Å². The number of hydrogen-bond acceptors (Lipinski definition) is 9. The number of ether oxygens (including phenoxy) is 2. The van der Waals surface area contributed by atoms with Crippen LogP contribution in [0.1, 0.15) is 38.5 Å². The Morgan fingerprint density at radius 2 is 1.87 bits per heavy atom. The van der Waals surface area contributed by atoms with Gasteiger partial charge in [0, 0.05) is 80.1 Å². The third-order valence-corrected chi connectivity index (χ3v) is 7.82. The summed E-state index contributed by atoms with van der Waals surface area (Å²) in [5.74, 6) is 0.578. The van der Waals surface area contributed by atoms with E-state index in [4.69, 9.17) is 20.2 Å². The lowest BCUT2D eigenvalue weighted by molar-refractivity contribution is -0.162. The zero-order valence-electron chi connectivity index (χ0n) is 21.3. The van der Waals surface area contributed by atoms with Gasteiger partial charge in [0.15, 0.2) is 5.60 Å². The molecule has 0 aromatic carbocycles. The highest BCUT2D eigenvalue weighted by molar-refractivity contribution is 5.94. The van der Waals surface area contributed by atoms with Gasteiger partial charge in [-0.2, -0.15) is 0 Å². The van der Waals surface area contributed by atoms with Crippen LogP contribution in [0, 0.1) is 5.92 Å². The summed E-state index contributed by atoms with van der Waals surface area (Å²) in [5.41, 5.74) is 6.17. The van der Waals surface area contributed by atoms with Crippen molar-refractivity contribution in [2.45, 2.75) is 50.2 Å². The van der Waals surface area contributed by atoms with Crippen LogP contribution in [0.5, 0.6) is 0 Å². The van der Waals surface area contributed by atoms with E-state index in [0.29, 0.717) is 44.8 Å². The molecule has 38 heavy (non-hydrogen) atoms. The van der Waals surface area contributed by atoms with Crippen LogP contribution in [-0.2, 0) is 19.1 Å². The van der Waals surface area contributed by atoms with Crippen molar-refractivity contribution < 1.29 is 19.1 Å². The number of hydrogen-bond donors (Lipinski definition) is 2. The Morgan fingerprint density at radius 1 is 1.08 bits per heavy atom. The monoisotopic (exact) mass is 516 g/mol. The first kappa shape index (κ1) is 24.5. The standard InChI is InChI=1S/C28H32N6O4/c29-27(36)28(7-8-28)38-26(35)18-3-11-34(12-4-18)25-22-2-9-30-17-20(22)15-23(33-25)19-1-10-31-24(16-19)32-21-5-13-37-14-6-21/h1-2,9-10,15-18,21H,3-8,11-14H2,(H2,29,36)(H,31,32). The Morgan fingerprint density at radius 3 is 2.61 bits per heavy atom. The van der Waals surface area contributed by atoms with Gasteiger partial charge in [-0.15, -0.1) is 0 Å². The van der Waals surface area contributed by atoms with Crippen molar-refractivity contribution in [3.8, 4) is 11.3 Å². The summed E-state index contributed by atoms with van der Waals surface area (Å²) < 4.78 is 11.0. The number of nitrogens with zero attached hydrogens (tertiary/aromatic N) is 4. The molecular weight excluding hydrogens is 484 g/mol. The summed E-state index contributed by atoms with van der Waals surface area (Å²) >= 11 is 0. The van der Waals surface area contributed by atoms with Crippen molar-refractivity contribution in [2.75, 3.05) is 36.5 Å². The van der Waals surface area contributed by atoms with Gasteiger partial charge in [0.2, 0.25) is 0 Å². The Labute approximate surface area is 220 Å². The highest BCUT2D eigenvalue weighted by atomic mass is 16.6. The number of aromatic nitrogens is 3. The first-order valence-electron chi connectivity index (χ1n) is 13.3. The second-order valence-electron chi connectivity index (χ2n) is 10.4. The van der Waals surface area contributed by atoms with E-state index in [1.54, 1.807) is 6.20 Å². The molecule has 3 N–H and O–H groups in total. The summed E-state index contributed by atoms with van der Waals surface area (Å²) in [5, 5.41) is 5.55. The lowest BCUT2D eigenvalue weighted by Crippen LogP contribution is -2.41. The topological polar surface area (TPSA) is 133 Å². The molecule has 2 saturated heterocycles. The fourth-order valence-electron chi connectivity index (χ4n) is 5.30. The summed E-state index contributed by atoms with van der Waals surface area (Å²) in [6.07, 6.45) is 9.65. The number of piperidine rings is 1. The maximum atomic E-state index is 12.7. The van der Waals surface area contributed by atoms with Gasteiger partial charge in [-0.1, -0.05) is 0 Å². The Hall–Kier alpha value is -3.79. The Bertz CT molecular complexity index is 1350.